The van der Waals surface area contributed by atoms with Gasteiger partial charge in [-0.25, -0.2) is 4.79 Å². The molecule has 1 fully saturated rings. The highest BCUT2D eigenvalue weighted by Crippen LogP contribution is 2.24. The Balaban J connectivity index is 1.55. The number of piperazine rings is 1. The van der Waals surface area contributed by atoms with Gasteiger partial charge in [0, 0.05) is 38.8 Å². The number of hydrogen-bond acceptors (Lipinski definition) is 4. The van der Waals surface area contributed by atoms with Gasteiger partial charge < -0.3 is 5.11 Å². The summed E-state index contributed by atoms with van der Waals surface area (Å²) in [6.45, 7) is 7.23. The fourth-order valence-electron chi connectivity index (χ4n) is 3.09. The summed E-state index contributed by atoms with van der Waals surface area (Å²) in [5.41, 5.74) is 2.84. The summed E-state index contributed by atoms with van der Waals surface area (Å²) in [5.74, 6) is -0.860. The van der Waals surface area contributed by atoms with Crippen LogP contribution in [-0.2, 0) is 6.54 Å². The number of carboxylic acids is 1. The van der Waals surface area contributed by atoms with E-state index in [9.17, 15) is 4.79 Å². The predicted octanol–water partition coefficient (Wildman–Crippen LogP) is 3.33. The van der Waals surface area contributed by atoms with Crippen LogP contribution in [-0.4, -0.2) is 47.1 Å². The second-order valence-electron chi connectivity index (χ2n) is 6.05. The SMILES string of the molecule is CC(c1ccsc1)N1CCN(Cc2cccc(C(=O)O)c2)CC1. The maximum absolute atomic E-state index is 11.1. The molecule has 1 aliphatic rings. The fraction of sp³-hybridized carbons (Fsp3) is 0.389. The summed E-state index contributed by atoms with van der Waals surface area (Å²) in [5, 5.41) is 13.4. The molecule has 5 heteroatoms. The Labute approximate surface area is 141 Å². The van der Waals surface area contributed by atoms with Crippen molar-refractivity contribution in [1.29, 1.82) is 0 Å². The predicted molar refractivity (Wildman–Crippen MR) is 93.0 cm³/mol. The van der Waals surface area contributed by atoms with Crippen molar-refractivity contribution in [2.45, 2.75) is 19.5 Å². The van der Waals surface area contributed by atoms with E-state index >= 15 is 0 Å². The van der Waals surface area contributed by atoms with Gasteiger partial charge in [0.2, 0.25) is 0 Å². The van der Waals surface area contributed by atoms with Crippen LogP contribution in [0.5, 0.6) is 0 Å². The number of rotatable bonds is 5. The fourth-order valence-corrected chi connectivity index (χ4v) is 3.84. The molecule has 122 valence electrons. The van der Waals surface area contributed by atoms with Gasteiger partial charge in [0.05, 0.1) is 5.56 Å². The molecule has 3 rings (SSSR count). The molecule has 1 N–H and O–H groups in total. The van der Waals surface area contributed by atoms with Gasteiger partial charge in [0.15, 0.2) is 0 Å². The highest BCUT2D eigenvalue weighted by molar-refractivity contribution is 7.07. The zero-order chi connectivity index (χ0) is 16.2. The Morgan fingerprint density at radius 1 is 1.26 bits per heavy atom. The number of thiophene rings is 1. The van der Waals surface area contributed by atoms with Crippen molar-refractivity contribution >= 4 is 17.3 Å². The van der Waals surface area contributed by atoms with Crippen molar-refractivity contribution in [3.63, 3.8) is 0 Å². The highest BCUT2D eigenvalue weighted by Gasteiger charge is 2.22. The lowest BCUT2D eigenvalue weighted by Crippen LogP contribution is -2.46. The minimum Gasteiger partial charge on any atom is -0.478 e. The molecule has 2 heterocycles. The molecule has 1 saturated heterocycles. The third-order valence-electron chi connectivity index (χ3n) is 4.56. The molecule has 1 aromatic carbocycles. The molecule has 1 aliphatic heterocycles. The van der Waals surface area contributed by atoms with E-state index in [0.717, 1.165) is 38.3 Å². The summed E-state index contributed by atoms with van der Waals surface area (Å²) in [4.78, 5) is 16.0. The molecule has 0 aliphatic carbocycles. The van der Waals surface area contributed by atoms with Crippen LogP contribution < -0.4 is 0 Å². The Morgan fingerprint density at radius 3 is 2.70 bits per heavy atom. The van der Waals surface area contributed by atoms with Crippen molar-refractivity contribution in [2.75, 3.05) is 26.2 Å². The molecule has 0 amide bonds. The highest BCUT2D eigenvalue weighted by atomic mass is 32.1. The van der Waals surface area contributed by atoms with E-state index in [1.54, 1.807) is 23.5 Å². The van der Waals surface area contributed by atoms with Crippen LogP contribution in [0.3, 0.4) is 0 Å². The van der Waals surface area contributed by atoms with Crippen LogP contribution in [0.4, 0.5) is 0 Å². The van der Waals surface area contributed by atoms with Gasteiger partial charge in [-0.1, -0.05) is 12.1 Å². The summed E-state index contributed by atoms with van der Waals surface area (Å²) in [7, 11) is 0. The minimum absolute atomic E-state index is 0.368. The number of hydrogen-bond donors (Lipinski definition) is 1. The molecule has 2 aromatic rings. The number of nitrogens with zero attached hydrogens (tertiary/aromatic N) is 2. The van der Waals surface area contributed by atoms with E-state index in [1.807, 2.05) is 12.1 Å². The summed E-state index contributed by atoms with van der Waals surface area (Å²) >= 11 is 1.75. The first-order chi connectivity index (χ1) is 11.1. The summed E-state index contributed by atoms with van der Waals surface area (Å²) in [6.07, 6.45) is 0. The number of benzene rings is 1. The Bertz CT molecular complexity index is 649. The number of carboxylic acid groups (broad SMARTS) is 1. The van der Waals surface area contributed by atoms with Crippen molar-refractivity contribution < 1.29 is 9.90 Å². The monoisotopic (exact) mass is 330 g/mol. The molecule has 0 radical (unpaired) electrons. The zero-order valence-electron chi connectivity index (χ0n) is 13.3. The van der Waals surface area contributed by atoms with Gasteiger partial charge in [0.25, 0.3) is 0 Å². The average Bonchev–Trinajstić information content (AvgIpc) is 3.09. The normalized spacial score (nSPS) is 18.0. The van der Waals surface area contributed by atoms with Crippen LogP contribution in [0.2, 0.25) is 0 Å². The average molecular weight is 330 g/mol. The van der Waals surface area contributed by atoms with Crippen molar-refractivity contribution in [3.8, 4) is 0 Å². The van der Waals surface area contributed by atoms with E-state index in [4.69, 9.17) is 5.11 Å². The Hall–Kier alpha value is -1.69. The lowest BCUT2D eigenvalue weighted by Gasteiger charge is -2.38. The molecule has 1 unspecified atom stereocenters. The van der Waals surface area contributed by atoms with Crippen LogP contribution in [0.1, 0.15) is 34.5 Å². The maximum atomic E-state index is 11.1. The molecule has 1 aromatic heterocycles. The van der Waals surface area contributed by atoms with Crippen molar-refractivity contribution in [3.05, 3.63) is 57.8 Å². The van der Waals surface area contributed by atoms with E-state index < -0.39 is 5.97 Å². The van der Waals surface area contributed by atoms with Crippen LogP contribution in [0, 0.1) is 0 Å². The zero-order valence-corrected chi connectivity index (χ0v) is 14.1. The lowest BCUT2D eigenvalue weighted by molar-refractivity contribution is 0.0696. The van der Waals surface area contributed by atoms with Crippen LogP contribution in [0.25, 0.3) is 0 Å². The number of carbonyl (C=O) groups is 1. The van der Waals surface area contributed by atoms with Gasteiger partial charge >= 0.3 is 5.97 Å². The third-order valence-corrected chi connectivity index (χ3v) is 5.26. The van der Waals surface area contributed by atoms with Crippen LogP contribution in [0.15, 0.2) is 41.1 Å². The first kappa shape index (κ1) is 16.2. The first-order valence-corrected chi connectivity index (χ1v) is 8.88. The topological polar surface area (TPSA) is 43.8 Å². The number of aromatic carboxylic acids is 1. The lowest BCUT2D eigenvalue weighted by atomic mass is 10.1. The standard InChI is InChI=1S/C18H22N2O2S/c1-14(17-5-10-23-13-17)20-8-6-19(7-9-20)12-15-3-2-4-16(11-15)18(21)22/h2-5,10-11,13-14H,6-9,12H2,1H3,(H,21,22). The molecule has 0 bridgehead atoms. The van der Waals surface area contributed by atoms with E-state index in [0.29, 0.717) is 11.6 Å². The molecule has 1 atom stereocenters. The van der Waals surface area contributed by atoms with Crippen molar-refractivity contribution in [1.82, 2.24) is 9.80 Å². The largest absolute Gasteiger partial charge is 0.478 e. The quantitative estimate of drug-likeness (QED) is 0.913. The van der Waals surface area contributed by atoms with E-state index in [-0.39, 0.29) is 0 Å². The second kappa shape index (κ2) is 7.25. The van der Waals surface area contributed by atoms with Gasteiger partial charge in [-0.2, -0.15) is 11.3 Å². The molecular formula is C18H22N2O2S. The van der Waals surface area contributed by atoms with Crippen molar-refractivity contribution in [2.24, 2.45) is 0 Å². The second-order valence-corrected chi connectivity index (χ2v) is 6.83. The minimum atomic E-state index is -0.860. The third kappa shape index (κ3) is 3.99. The maximum Gasteiger partial charge on any atom is 0.335 e. The molecule has 23 heavy (non-hydrogen) atoms. The van der Waals surface area contributed by atoms with E-state index in [2.05, 4.69) is 33.6 Å². The summed E-state index contributed by atoms with van der Waals surface area (Å²) in [6, 6.07) is 9.94. The molecule has 0 spiro atoms. The Morgan fingerprint density at radius 2 is 2.04 bits per heavy atom. The van der Waals surface area contributed by atoms with Crippen LogP contribution >= 0.6 is 11.3 Å². The summed E-state index contributed by atoms with van der Waals surface area (Å²) < 4.78 is 0. The van der Waals surface area contributed by atoms with Gasteiger partial charge in [-0.3, -0.25) is 9.80 Å². The Kier molecular flexibility index (Phi) is 5.10. The van der Waals surface area contributed by atoms with E-state index in [1.165, 1.54) is 5.56 Å². The molecular weight excluding hydrogens is 308 g/mol. The molecule has 4 nitrogen and oxygen atoms in total. The van der Waals surface area contributed by atoms with Gasteiger partial charge in [0.1, 0.15) is 0 Å². The van der Waals surface area contributed by atoms with Gasteiger partial charge in [-0.15, -0.1) is 0 Å². The van der Waals surface area contributed by atoms with Gasteiger partial charge in [-0.05, 0) is 47.0 Å². The first-order valence-electron chi connectivity index (χ1n) is 7.94. The smallest absolute Gasteiger partial charge is 0.335 e. The molecule has 0 saturated carbocycles.